The lowest BCUT2D eigenvalue weighted by molar-refractivity contribution is 0.0538. The number of aryl methyl sites for hydroxylation is 1. The third-order valence-electron chi connectivity index (χ3n) is 4.66. The highest BCUT2D eigenvalue weighted by atomic mass is 32.2. The number of hydrogen-bond donors (Lipinski definition) is 0. The van der Waals surface area contributed by atoms with Crippen LogP contribution in [0.3, 0.4) is 0 Å². The molecule has 0 bridgehead atoms. The summed E-state index contributed by atoms with van der Waals surface area (Å²) in [5.41, 5.74) is 0.183. The van der Waals surface area contributed by atoms with Crippen LogP contribution in [-0.4, -0.2) is 59.5 Å². The van der Waals surface area contributed by atoms with Crippen molar-refractivity contribution in [1.82, 2.24) is 19.0 Å². The maximum Gasteiger partial charge on any atom is 0.333 e. The van der Waals surface area contributed by atoms with Crippen LogP contribution in [-0.2, 0) is 10.0 Å². The van der Waals surface area contributed by atoms with E-state index in [9.17, 15) is 26.4 Å². The molecular weight excluding hydrogens is 397 g/mol. The highest BCUT2D eigenvalue weighted by Gasteiger charge is 2.35. The summed E-state index contributed by atoms with van der Waals surface area (Å²) in [6.45, 7) is 0.0305. The van der Waals surface area contributed by atoms with Crippen molar-refractivity contribution < 1.29 is 26.4 Å². The molecule has 1 fully saturated rings. The van der Waals surface area contributed by atoms with Crippen LogP contribution in [0.4, 0.5) is 13.2 Å². The number of rotatable bonds is 4. The number of carbonyl (C=O) groups excluding carboxylic acids is 1. The Bertz CT molecular complexity index is 982. The maximum atomic E-state index is 13.0. The van der Waals surface area contributed by atoms with Gasteiger partial charge in [-0.05, 0) is 38.1 Å². The van der Waals surface area contributed by atoms with Gasteiger partial charge in [0.15, 0.2) is 0 Å². The van der Waals surface area contributed by atoms with Gasteiger partial charge in [-0.3, -0.25) is 4.79 Å². The third-order valence-corrected chi connectivity index (χ3v) is 6.81. The van der Waals surface area contributed by atoms with E-state index in [1.807, 2.05) is 0 Å². The average Bonchev–Trinajstić information content (AvgIpc) is 2.97. The van der Waals surface area contributed by atoms with Crippen molar-refractivity contribution in [2.75, 3.05) is 26.2 Å². The van der Waals surface area contributed by atoms with Crippen molar-refractivity contribution in [2.45, 2.75) is 25.3 Å². The zero-order valence-corrected chi connectivity index (χ0v) is 16.1. The van der Waals surface area contributed by atoms with E-state index in [1.54, 1.807) is 0 Å². The van der Waals surface area contributed by atoms with E-state index < -0.39 is 22.4 Å². The van der Waals surface area contributed by atoms with Gasteiger partial charge < -0.3 is 4.90 Å². The Kier molecular flexibility index (Phi) is 5.48. The van der Waals surface area contributed by atoms with Gasteiger partial charge in [-0.25, -0.2) is 17.5 Å². The zero-order chi connectivity index (χ0) is 20.6. The fraction of sp³-hybridized carbons (Fsp3) is 0.412. The zero-order valence-electron chi connectivity index (χ0n) is 15.3. The quantitative estimate of drug-likeness (QED) is 0.766. The maximum absolute atomic E-state index is 13.0. The molecule has 2 aromatic rings. The molecule has 1 saturated heterocycles. The van der Waals surface area contributed by atoms with Gasteiger partial charge >= 0.3 is 6.55 Å². The number of halogens is 3. The lowest BCUT2D eigenvalue weighted by Crippen LogP contribution is -2.50. The Labute approximate surface area is 160 Å². The topological polar surface area (TPSA) is 75.5 Å². The fourth-order valence-electron chi connectivity index (χ4n) is 3.25. The van der Waals surface area contributed by atoms with Gasteiger partial charge in [0.2, 0.25) is 10.0 Å². The van der Waals surface area contributed by atoms with Crippen LogP contribution in [0.2, 0.25) is 0 Å². The molecule has 1 aliphatic heterocycles. The lowest BCUT2D eigenvalue weighted by atomic mass is 10.2. The first-order valence-electron chi connectivity index (χ1n) is 8.51. The Morgan fingerprint density at radius 1 is 1.07 bits per heavy atom. The molecule has 7 nitrogen and oxygen atoms in total. The normalized spacial score (nSPS) is 16.0. The number of benzene rings is 1. The number of alkyl halides is 2. The molecule has 0 unspecified atom stereocenters. The predicted octanol–water partition coefficient (Wildman–Crippen LogP) is 2.18. The molecule has 0 aliphatic carbocycles. The SMILES string of the molecule is Cc1nn(C(F)F)c(C)c1S(=O)(=O)N1CCN(C(=O)c2ccc(F)cc2)CC1. The molecule has 152 valence electrons. The van der Waals surface area contributed by atoms with E-state index >= 15 is 0 Å². The van der Waals surface area contributed by atoms with Gasteiger partial charge in [-0.2, -0.15) is 18.2 Å². The Balaban J connectivity index is 1.76. The first-order valence-corrected chi connectivity index (χ1v) is 9.95. The van der Waals surface area contributed by atoms with E-state index in [1.165, 1.54) is 43.0 Å². The van der Waals surface area contributed by atoms with Gasteiger partial charge in [0.05, 0.1) is 11.4 Å². The van der Waals surface area contributed by atoms with Crippen LogP contribution in [0.25, 0.3) is 0 Å². The second-order valence-electron chi connectivity index (χ2n) is 6.43. The summed E-state index contributed by atoms with van der Waals surface area (Å²) in [6, 6.07) is 5.10. The monoisotopic (exact) mass is 416 g/mol. The van der Waals surface area contributed by atoms with Crippen molar-refractivity contribution in [1.29, 1.82) is 0 Å². The minimum Gasteiger partial charge on any atom is -0.336 e. The Morgan fingerprint density at radius 3 is 2.14 bits per heavy atom. The first kappa shape index (κ1) is 20.3. The molecule has 28 heavy (non-hydrogen) atoms. The highest BCUT2D eigenvalue weighted by Crippen LogP contribution is 2.27. The van der Waals surface area contributed by atoms with E-state index in [-0.39, 0.29) is 48.4 Å². The number of piperazine rings is 1. The molecule has 1 aliphatic rings. The number of nitrogens with zero attached hydrogens (tertiary/aromatic N) is 4. The summed E-state index contributed by atoms with van der Waals surface area (Å²) in [4.78, 5) is 13.7. The lowest BCUT2D eigenvalue weighted by Gasteiger charge is -2.34. The molecule has 0 N–H and O–H groups in total. The van der Waals surface area contributed by atoms with E-state index in [0.29, 0.717) is 10.2 Å². The Hall–Kier alpha value is -2.40. The standard InChI is InChI=1S/C17H19F3N4O3S/c1-11-15(12(2)24(21-11)17(19)20)28(26,27)23-9-7-22(8-10-23)16(25)13-3-5-14(18)6-4-13/h3-6,17H,7-10H2,1-2H3. The van der Waals surface area contributed by atoms with Crippen molar-refractivity contribution in [2.24, 2.45) is 0 Å². The number of amides is 1. The van der Waals surface area contributed by atoms with Crippen LogP contribution in [0.1, 0.15) is 28.3 Å². The second-order valence-corrected chi connectivity index (χ2v) is 8.30. The number of carbonyl (C=O) groups is 1. The van der Waals surface area contributed by atoms with Gasteiger partial charge in [0, 0.05) is 31.7 Å². The molecule has 0 atom stereocenters. The fourth-order valence-corrected chi connectivity index (χ4v) is 5.03. The van der Waals surface area contributed by atoms with Crippen LogP contribution in [0.15, 0.2) is 29.2 Å². The third kappa shape index (κ3) is 3.63. The number of sulfonamides is 1. The molecule has 1 aromatic carbocycles. The summed E-state index contributed by atoms with van der Waals surface area (Å²) in [7, 11) is -4.03. The molecule has 0 radical (unpaired) electrons. The van der Waals surface area contributed by atoms with Crippen molar-refractivity contribution in [3.63, 3.8) is 0 Å². The van der Waals surface area contributed by atoms with Crippen LogP contribution < -0.4 is 0 Å². The van der Waals surface area contributed by atoms with E-state index in [2.05, 4.69) is 5.10 Å². The van der Waals surface area contributed by atoms with Crippen LogP contribution >= 0.6 is 0 Å². The van der Waals surface area contributed by atoms with E-state index in [0.717, 1.165) is 4.31 Å². The molecule has 3 rings (SSSR count). The summed E-state index contributed by atoms with van der Waals surface area (Å²) >= 11 is 0. The second kappa shape index (κ2) is 7.55. The van der Waals surface area contributed by atoms with Gasteiger partial charge in [0.25, 0.3) is 5.91 Å². The molecule has 0 spiro atoms. The van der Waals surface area contributed by atoms with Gasteiger partial charge in [-0.15, -0.1) is 0 Å². The Morgan fingerprint density at radius 2 is 1.64 bits per heavy atom. The smallest absolute Gasteiger partial charge is 0.333 e. The molecular formula is C17H19F3N4O3S. The predicted molar refractivity (Wildman–Crippen MR) is 94.0 cm³/mol. The van der Waals surface area contributed by atoms with E-state index in [4.69, 9.17) is 0 Å². The van der Waals surface area contributed by atoms with Crippen molar-refractivity contribution >= 4 is 15.9 Å². The first-order chi connectivity index (χ1) is 13.1. The summed E-state index contributed by atoms with van der Waals surface area (Å²) in [5.74, 6) is -0.780. The van der Waals surface area contributed by atoms with Crippen LogP contribution in [0, 0.1) is 19.7 Å². The summed E-state index contributed by atoms with van der Waals surface area (Å²) in [6.07, 6.45) is 0. The molecule has 1 aromatic heterocycles. The van der Waals surface area contributed by atoms with Crippen molar-refractivity contribution in [3.8, 4) is 0 Å². The molecule has 0 saturated carbocycles. The molecule has 1 amide bonds. The highest BCUT2D eigenvalue weighted by molar-refractivity contribution is 7.89. The summed E-state index contributed by atoms with van der Waals surface area (Å²) in [5, 5.41) is 3.63. The van der Waals surface area contributed by atoms with Crippen molar-refractivity contribution in [3.05, 3.63) is 47.0 Å². The minimum atomic E-state index is -4.03. The largest absolute Gasteiger partial charge is 0.336 e. The van der Waals surface area contributed by atoms with Gasteiger partial charge in [-0.1, -0.05) is 0 Å². The number of aromatic nitrogens is 2. The van der Waals surface area contributed by atoms with Crippen LogP contribution in [0.5, 0.6) is 0 Å². The van der Waals surface area contributed by atoms with Gasteiger partial charge in [0.1, 0.15) is 10.7 Å². The molecule has 2 heterocycles. The minimum absolute atomic E-state index is 0.00242. The average molecular weight is 416 g/mol. The molecule has 11 heteroatoms. The number of hydrogen-bond acceptors (Lipinski definition) is 4. The summed E-state index contributed by atoms with van der Waals surface area (Å²) < 4.78 is 66.4.